The van der Waals surface area contributed by atoms with E-state index in [1.165, 1.54) is 12.8 Å². The van der Waals surface area contributed by atoms with E-state index in [1.807, 2.05) is 24.1 Å². The summed E-state index contributed by atoms with van der Waals surface area (Å²) >= 11 is 0. The molecule has 1 aliphatic carbocycles. The number of nitrogens with zero attached hydrogens (tertiary/aromatic N) is 5. The Hall–Kier alpha value is -2.28. The largest absolute Gasteiger partial charge is 0.352 e. The fraction of sp³-hybridized carbons (Fsp3) is 0.579. The van der Waals surface area contributed by atoms with E-state index < -0.39 is 0 Å². The molecular weight excluding hydrogens is 328 g/mol. The monoisotopic (exact) mass is 354 g/mol. The van der Waals surface area contributed by atoms with Crippen molar-refractivity contribution in [1.29, 1.82) is 0 Å². The molecule has 0 bridgehead atoms. The molecule has 1 saturated carbocycles. The Labute approximate surface area is 153 Å². The van der Waals surface area contributed by atoms with E-state index in [9.17, 15) is 4.79 Å². The zero-order chi connectivity index (χ0) is 17.9. The van der Waals surface area contributed by atoms with Crippen LogP contribution in [0.15, 0.2) is 24.5 Å². The van der Waals surface area contributed by atoms with Gasteiger partial charge in [0.15, 0.2) is 0 Å². The van der Waals surface area contributed by atoms with Gasteiger partial charge in [0.05, 0.1) is 6.54 Å². The lowest BCUT2D eigenvalue weighted by Crippen LogP contribution is -2.41. The normalized spacial score (nSPS) is 19.8. The van der Waals surface area contributed by atoms with Gasteiger partial charge in [0.1, 0.15) is 11.6 Å². The number of carbonyl (C=O) groups is 1. The molecule has 0 radical (unpaired) electrons. The Balaban J connectivity index is 1.27. The maximum absolute atomic E-state index is 12.4. The second-order valence-corrected chi connectivity index (χ2v) is 7.52. The molecule has 138 valence electrons. The number of pyridine rings is 1. The smallest absolute Gasteiger partial charge is 0.234 e. The Kier molecular flexibility index (Phi) is 4.97. The van der Waals surface area contributed by atoms with E-state index in [-0.39, 0.29) is 11.9 Å². The second kappa shape index (κ2) is 7.53. The number of hydrogen-bond acceptors (Lipinski definition) is 5. The molecule has 1 amide bonds. The van der Waals surface area contributed by atoms with Crippen molar-refractivity contribution >= 4 is 5.91 Å². The minimum Gasteiger partial charge on any atom is -0.352 e. The number of aromatic nitrogens is 4. The topological polar surface area (TPSA) is 75.9 Å². The van der Waals surface area contributed by atoms with Crippen molar-refractivity contribution in [1.82, 2.24) is 30.0 Å². The van der Waals surface area contributed by atoms with Gasteiger partial charge in [0, 0.05) is 43.9 Å². The lowest BCUT2D eigenvalue weighted by atomic mass is 10.1. The van der Waals surface area contributed by atoms with E-state index in [2.05, 4.69) is 25.1 Å². The average molecular weight is 354 g/mol. The van der Waals surface area contributed by atoms with E-state index in [4.69, 9.17) is 0 Å². The lowest BCUT2D eigenvalue weighted by molar-refractivity contribution is -0.122. The van der Waals surface area contributed by atoms with Crippen LogP contribution in [0.1, 0.15) is 48.8 Å². The number of aryl methyl sites for hydroxylation is 1. The molecule has 0 spiro atoms. The van der Waals surface area contributed by atoms with Crippen LogP contribution in [0.4, 0.5) is 0 Å². The highest BCUT2D eigenvalue weighted by molar-refractivity contribution is 5.78. The molecule has 0 saturated heterocycles. The molecule has 1 fully saturated rings. The van der Waals surface area contributed by atoms with Crippen LogP contribution < -0.4 is 5.32 Å². The number of amides is 1. The molecule has 7 nitrogen and oxygen atoms in total. The minimum atomic E-state index is 0.0895. The summed E-state index contributed by atoms with van der Waals surface area (Å²) in [7, 11) is 1.97. The highest BCUT2D eigenvalue weighted by atomic mass is 16.2. The molecule has 4 rings (SSSR count). The molecule has 1 atom stereocenters. The number of fused-ring (bicyclic) bond motifs is 1. The van der Waals surface area contributed by atoms with Gasteiger partial charge >= 0.3 is 0 Å². The third-order valence-corrected chi connectivity index (χ3v) is 5.20. The van der Waals surface area contributed by atoms with E-state index >= 15 is 0 Å². The SMILES string of the molecule is CN(CC(=O)NC1CCc2nnc(C3CC3)n2CC1)Cc1ccncc1. The minimum absolute atomic E-state index is 0.0895. The molecule has 1 N–H and O–H groups in total. The summed E-state index contributed by atoms with van der Waals surface area (Å²) in [5.41, 5.74) is 1.16. The maximum atomic E-state index is 12.4. The first-order valence-electron chi connectivity index (χ1n) is 9.48. The molecule has 1 unspecified atom stereocenters. The Morgan fingerprint density at radius 3 is 2.81 bits per heavy atom. The van der Waals surface area contributed by atoms with Gasteiger partial charge in [-0.1, -0.05) is 0 Å². The summed E-state index contributed by atoms with van der Waals surface area (Å²) in [6.07, 6.45) is 8.81. The number of nitrogens with one attached hydrogen (secondary N) is 1. The van der Waals surface area contributed by atoms with Gasteiger partial charge < -0.3 is 9.88 Å². The predicted octanol–water partition coefficient (Wildman–Crippen LogP) is 1.50. The van der Waals surface area contributed by atoms with Crippen LogP contribution in [0.5, 0.6) is 0 Å². The van der Waals surface area contributed by atoms with Crippen molar-refractivity contribution in [2.24, 2.45) is 0 Å². The molecule has 1 aliphatic heterocycles. The van der Waals surface area contributed by atoms with Gasteiger partial charge in [-0.25, -0.2) is 0 Å². The van der Waals surface area contributed by atoms with Crippen LogP contribution in [-0.2, 0) is 24.3 Å². The third-order valence-electron chi connectivity index (χ3n) is 5.20. The van der Waals surface area contributed by atoms with Crippen molar-refractivity contribution < 1.29 is 4.79 Å². The molecular formula is C19H26N6O. The first-order valence-corrected chi connectivity index (χ1v) is 9.48. The summed E-state index contributed by atoms with van der Waals surface area (Å²) in [5.74, 6) is 2.94. The second-order valence-electron chi connectivity index (χ2n) is 7.52. The van der Waals surface area contributed by atoms with Crippen LogP contribution in [0, 0.1) is 0 Å². The number of likely N-dealkylation sites (N-methyl/N-ethyl adjacent to an activating group) is 1. The van der Waals surface area contributed by atoms with Crippen LogP contribution in [0.3, 0.4) is 0 Å². The average Bonchev–Trinajstić information content (AvgIpc) is 3.41. The quantitative estimate of drug-likeness (QED) is 0.851. The summed E-state index contributed by atoms with van der Waals surface area (Å²) in [5, 5.41) is 12.0. The number of hydrogen-bond donors (Lipinski definition) is 1. The van der Waals surface area contributed by atoms with Crippen molar-refractivity contribution in [2.75, 3.05) is 13.6 Å². The van der Waals surface area contributed by atoms with E-state index in [0.717, 1.165) is 49.6 Å². The van der Waals surface area contributed by atoms with Crippen LogP contribution in [-0.4, -0.2) is 50.2 Å². The highest BCUT2D eigenvalue weighted by Gasteiger charge is 2.31. The standard InChI is InChI=1S/C19H26N6O/c1-24(12-14-6-9-20-10-7-14)13-18(26)21-16-4-5-17-22-23-19(15-2-3-15)25(17)11-8-16/h6-7,9-10,15-16H,2-5,8,11-13H2,1H3,(H,21,26). The molecule has 3 heterocycles. The van der Waals surface area contributed by atoms with Crippen LogP contribution in [0.25, 0.3) is 0 Å². The zero-order valence-corrected chi connectivity index (χ0v) is 15.3. The van der Waals surface area contributed by atoms with Crippen molar-refractivity contribution in [2.45, 2.75) is 57.2 Å². The Bertz CT molecular complexity index is 755. The summed E-state index contributed by atoms with van der Waals surface area (Å²) in [6, 6.07) is 4.17. The molecule has 2 aliphatic rings. The first-order chi connectivity index (χ1) is 12.7. The van der Waals surface area contributed by atoms with Gasteiger partial charge in [-0.3, -0.25) is 14.7 Å². The summed E-state index contributed by atoms with van der Waals surface area (Å²) < 4.78 is 2.29. The fourth-order valence-electron chi connectivity index (χ4n) is 3.67. The van der Waals surface area contributed by atoms with Gasteiger partial charge in [-0.2, -0.15) is 0 Å². The number of rotatable bonds is 6. The van der Waals surface area contributed by atoms with Gasteiger partial charge in [0.25, 0.3) is 0 Å². The molecule has 2 aromatic rings. The Morgan fingerprint density at radius 1 is 1.23 bits per heavy atom. The lowest BCUT2D eigenvalue weighted by Gasteiger charge is -2.20. The number of carbonyl (C=O) groups excluding carboxylic acids is 1. The van der Waals surface area contributed by atoms with Gasteiger partial charge in [-0.05, 0) is 50.4 Å². The fourth-order valence-corrected chi connectivity index (χ4v) is 3.67. The summed E-state index contributed by atoms with van der Waals surface area (Å²) in [6.45, 7) is 2.05. The van der Waals surface area contributed by atoms with Crippen LogP contribution in [0.2, 0.25) is 0 Å². The van der Waals surface area contributed by atoms with Crippen LogP contribution >= 0.6 is 0 Å². The third kappa shape index (κ3) is 4.09. The Morgan fingerprint density at radius 2 is 2.04 bits per heavy atom. The molecule has 26 heavy (non-hydrogen) atoms. The predicted molar refractivity (Wildman–Crippen MR) is 97.4 cm³/mol. The molecule has 0 aromatic carbocycles. The summed E-state index contributed by atoms with van der Waals surface area (Å²) in [4.78, 5) is 18.5. The highest BCUT2D eigenvalue weighted by Crippen LogP contribution is 2.39. The molecule has 7 heteroatoms. The van der Waals surface area contributed by atoms with E-state index in [1.54, 1.807) is 12.4 Å². The first kappa shape index (κ1) is 17.1. The maximum Gasteiger partial charge on any atom is 0.234 e. The van der Waals surface area contributed by atoms with Crippen molar-refractivity contribution in [3.05, 3.63) is 41.7 Å². The van der Waals surface area contributed by atoms with Crippen molar-refractivity contribution in [3.8, 4) is 0 Å². The van der Waals surface area contributed by atoms with Gasteiger partial charge in [0.2, 0.25) is 5.91 Å². The zero-order valence-electron chi connectivity index (χ0n) is 15.3. The van der Waals surface area contributed by atoms with Crippen molar-refractivity contribution in [3.63, 3.8) is 0 Å². The molecule has 2 aromatic heterocycles. The van der Waals surface area contributed by atoms with Gasteiger partial charge in [-0.15, -0.1) is 10.2 Å². The van der Waals surface area contributed by atoms with E-state index in [0.29, 0.717) is 12.5 Å².